The first-order chi connectivity index (χ1) is 10.5. The Hall–Kier alpha value is -2.16. The molecule has 1 aliphatic rings. The number of nitriles is 1. The van der Waals surface area contributed by atoms with Crippen molar-refractivity contribution in [2.75, 3.05) is 12.4 Å². The van der Waals surface area contributed by atoms with Crippen molar-refractivity contribution >= 4 is 23.4 Å². The van der Waals surface area contributed by atoms with Crippen molar-refractivity contribution in [3.05, 3.63) is 23.6 Å². The maximum Gasteiger partial charge on any atom is 0.164 e. The minimum Gasteiger partial charge on any atom is -0.394 e. The highest BCUT2D eigenvalue weighted by atomic mass is 35.5. The van der Waals surface area contributed by atoms with Crippen LogP contribution in [0.15, 0.2) is 12.5 Å². The second kappa shape index (κ2) is 6.15. The largest absolute Gasteiger partial charge is 0.394 e. The lowest BCUT2D eigenvalue weighted by molar-refractivity contribution is -0.0508. The number of fused-ring (bicyclic) bond motifs is 1. The van der Waals surface area contributed by atoms with Crippen molar-refractivity contribution in [1.29, 1.82) is 10.7 Å². The van der Waals surface area contributed by atoms with Crippen LogP contribution in [0.5, 0.6) is 0 Å². The van der Waals surface area contributed by atoms with Gasteiger partial charge in [0.05, 0.1) is 17.6 Å². The van der Waals surface area contributed by atoms with Crippen LogP contribution in [0.1, 0.15) is 11.8 Å². The maximum atomic E-state index is 10.1. The molecule has 0 aromatic carbocycles. The Bertz CT molecular complexity index is 827. The summed E-state index contributed by atoms with van der Waals surface area (Å²) < 4.78 is 7.74. The van der Waals surface area contributed by atoms with E-state index in [4.69, 9.17) is 21.1 Å². The first kappa shape index (κ1) is 17.2. The molecule has 0 aliphatic carbocycles. The van der Waals surface area contributed by atoms with Crippen LogP contribution in [0.2, 0.25) is 0 Å². The first-order valence-corrected chi connectivity index (χ1v) is 6.44. The first-order valence-electron chi connectivity index (χ1n) is 6.44. The second-order valence-electron chi connectivity index (χ2n) is 4.99. The van der Waals surface area contributed by atoms with Gasteiger partial charge in [0.2, 0.25) is 0 Å². The Morgan fingerprint density at radius 3 is 2.70 bits per heavy atom. The molecule has 0 amide bonds. The summed E-state index contributed by atoms with van der Waals surface area (Å²) in [5.41, 5.74) is 0.246. The number of hydrogen-bond acceptors (Lipinski definition) is 8. The summed E-state index contributed by atoms with van der Waals surface area (Å²) in [6.07, 6.45) is -1.98. The summed E-state index contributed by atoms with van der Waals surface area (Å²) in [5.74, 6) is 5.56. The molecule has 0 radical (unpaired) electrons. The Balaban J connectivity index is 0.00000192. The SMILES string of the molecule is Cl.N#Cc1cn([C@@H]2O[C@H](CO)[C@@H](O)[C@H]2O)c2ncn(N)c(=N)c12. The van der Waals surface area contributed by atoms with E-state index in [2.05, 4.69) is 4.98 Å². The number of nitrogen functional groups attached to an aromatic ring is 1. The smallest absolute Gasteiger partial charge is 0.164 e. The fourth-order valence-corrected chi connectivity index (χ4v) is 2.57. The van der Waals surface area contributed by atoms with E-state index in [9.17, 15) is 15.5 Å². The van der Waals surface area contributed by atoms with E-state index in [0.717, 1.165) is 4.68 Å². The molecular weight excluding hydrogens is 328 g/mol. The highest BCUT2D eigenvalue weighted by Gasteiger charge is 2.44. The van der Waals surface area contributed by atoms with Gasteiger partial charge in [0, 0.05) is 6.20 Å². The van der Waals surface area contributed by atoms with E-state index in [1.54, 1.807) is 0 Å². The van der Waals surface area contributed by atoms with E-state index in [-0.39, 0.29) is 34.5 Å². The molecule has 0 saturated carbocycles. The molecule has 1 fully saturated rings. The molecule has 1 aliphatic heterocycles. The van der Waals surface area contributed by atoms with Gasteiger partial charge in [-0.25, -0.2) is 9.66 Å². The van der Waals surface area contributed by atoms with Gasteiger partial charge in [0.1, 0.15) is 36.4 Å². The van der Waals surface area contributed by atoms with Crippen LogP contribution < -0.4 is 11.3 Å². The zero-order chi connectivity index (χ0) is 16.0. The third kappa shape index (κ3) is 2.44. The van der Waals surface area contributed by atoms with E-state index in [1.807, 2.05) is 6.07 Å². The molecule has 0 bridgehead atoms. The molecule has 2 aromatic heterocycles. The molecule has 23 heavy (non-hydrogen) atoms. The van der Waals surface area contributed by atoms with Crippen LogP contribution in [0.25, 0.3) is 11.0 Å². The normalized spacial score (nSPS) is 26.9. The highest BCUT2D eigenvalue weighted by Crippen LogP contribution is 2.32. The summed E-state index contributed by atoms with van der Waals surface area (Å²) in [4.78, 5) is 4.06. The van der Waals surface area contributed by atoms with Crippen molar-refractivity contribution < 1.29 is 20.1 Å². The van der Waals surface area contributed by atoms with Crippen molar-refractivity contribution in [2.45, 2.75) is 24.5 Å². The van der Waals surface area contributed by atoms with E-state index in [1.165, 1.54) is 17.1 Å². The standard InChI is InChI=1S/C12H14N6O4.ClH/c13-1-5-2-17(11-7(5)10(14)18(15)4-16-11)12-9(21)8(20)6(3-19)22-12;/h2,4,6,8-9,12,14,19-21H,3,15H2;1H/t6-,8-,9-,12-;/m1./s1. The summed E-state index contributed by atoms with van der Waals surface area (Å²) in [5, 5.41) is 46.4. The lowest BCUT2D eigenvalue weighted by Gasteiger charge is -2.17. The predicted octanol–water partition coefficient (Wildman–Crippen LogP) is -2.06. The third-order valence-corrected chi connectivity index (χ3v) is 3.72. The minimum atomic E-state index is -1.31. The van der Waals surface area contributed by atoms with E-state index >= 15 is 0 Å². The fraction of sp³-hybridized carbons (Fsp3) is 0.417. The number of nitrogens with two attached hydrogens (primary N) is 1. The van der Waals surface area contributed by atoms with Gasteiger partial charge in [-0.15, -0.1) is 12.4 Å². The second-order valence-corrected chi connectivity index (χ2v) is 4.99. The third-order valence-electron chi connectivity index (χ3n) is 3.72. The Morgan fingerprint density at radius 2 is 2.13 bits per heavy atom. The molecular formula is C12H15ClN6O4. The van der Waals surface area contributed by atoms with Crippen LogP contribution >= 0.6 is 12.4 Å². The molecule has 4 atom stereocenters. The number of aliphatic hydroxyl groups is 3. The molecule has 3 rings (SSSR count). The Kier molecular flexibility index (Phi) is 4.60. The van der Waals surface area contributed by atoms with Gasteiger partial charge in [-0.2, -0.15) is 5.26 Å². The number of halogens is 1. The summed E-state index contributed by atoms with van der Waals surface area (Å²) in [7, 11) is 0. The van der Waals surface area contributed by atoms with Crippen LogP contribution in [0, 0.1) is 16.7 Å². The van der Waals surface area contributed by atoms with Gasteiger partial charge >= 0.3 is 0 Å². The zero-order valence-electron chi connectivity index (χ0n) is 11.7. The summed E-state index contributed by atoms with van der Waals surface area (Å²) in [6, 6.07) is 1.93. The molecule has 2 aromatic rings. The average molecular weight is 343 g/mol. The molecule has 0 spiro atoms. The molecule has 11 heteroatoms. The lowest BCUT2D eigenvalue weighted by atomic mass is 10.1. The Morgan fingerprint density at radius 1 is 1.43 bits per heavy atom. The van der Waals surface area contributed by atoms with Crippen molar-refractivity contribution in [1.82, 2.24) is 14.2 Å². The quantitative estimate of drug-likeness (QED) is 0.391. The van der Waals surface area contributed by atoms with Crippen LogP contribution in [0.3, 0.4) is 0 Å². The summed E-state index contributed by atoms with van der Waals surface area (Å²) in [6.45, 7) is -0.459. The topological polar surface area (TPSA) is 166 Å². The molecule has 0 unspecified atom stereocenters. The number of aromatic nitrogens is 3. The molecule has 124 valence electrons. The van der Waals surface area contributed by atoms with E-state index < -0.39 is 31.1 Å². The average Bonchev–Trinajstić information content (AvgIpc) is 3.02. The zero-order valence-corrected chi connectivity index (χ0v) is 12.5. The highest BCUT2D eigenvalue weighted by molar-refractivity contribution is 5.85. The number of nitrogens with zero attached hydrogens (tertiary/aromatic N) is 4. The predicted molar refractivity (Wildman–Crippen MR) is 78.7 cm³/mol. The fourth-order valence-electron chi connectivity index (χ4n) is 2.57. The van der Waals surface area contributed by atoms with Gasteiger partial charge in [-0.1, -0.05) is 0 Å². The van der Waals surface area contributed by atoms with Gasteiger partial charge < -0.3 is 30.5 Å². The van der Waals surface area contributed by atoms with Gasteiger partial charge in [0.15, 0.2) is 11.7 Å². The monoisotopic (exact) mass is 342 g/mol. The van der Waals surface area contributed by atoms with Crippen LogP contribution in [0.4, 0.5) is 0 Å². The van der Waals surface area contributed by atoms with Crippen LogP contribution in [-0.2, 0) is 4.74 Å². The summed E-state index contributed by atoms with van der Waals surface area (Å²) >= 11 is 0. The number of hydrogen-bond donors (Lipinski definition) is 5. The molecule has 3 heterocycles. The van der Waals surface area contributed by atoms with Crippen molar-refractivity contribution in [3.8, 4) is 6.07 Å². The number of ether oxygens (including phenoxy) is 1. The van der Waals surface area contributed by atoms with E-state index in [0.29, 0.717) is 0 Å². The van der Waals surface area contributed by atoms with Crippen molar-refractivity contribution in [3.63, 3.8) is 0 Å². The maximum absolute atomic E-state index is 10.1. The number of rotatable bonds is 2. The van der Waals surface area contributed by atoms with Crippen molar-refractivity contribution in [2.24, 2.45) is 0 Å². The van der Waals surface area contributed by atoms with Gasteiger partial charge in [0.25, 0.3) is 0 Å². The number of nitrogens with one attached hydrogen (secondary N) is 1. The molecule has 1 saturated heterocycles. The molecule has 6 N–H and O–H groups in total. The lowest BCUT2D eigenvalue weighted by Crippen LogP contribution is -2.33. The van der Waals surface area contributed by atoms with Gasteiger partial charge in [-0.3, -0.25) is 5.41 Å². The number of aliphatic hydroxyl groups excluding tert-OH is 3. The minimum absolute atomic E-state index is 0. The molecule has 10 nitrogen and oxygen atoms in total. The van der Waals surface area contributed by atoms with Gasteiger partial charge in [-0.05, 0) is 0 Å². The Labute approximate surface area is 135 Å². The van der Waals surface area contributed by atoms with Crippen LogP contribution in [-0.4, -0.2) is 54.5 Å².